The first-order chi connectivity index (χ1) is 8.67. The molecule has 0 amide bonds. The second-order valence-corrected chi connectivity index (χ2v) is 3.46. The highest BCUT2D eigenvalue weighted by Gasteiger charge is 2.03. The van der Waals surface area contributed by atoms with Gasteiger partial charge in [0.15, 0.2) is 0 Å². The fourth-order valence-electron chi connectivity index (χ4n) is 1.31. The topological polar surface area (TPSA) is 55.8 Å². The molecule has 0 aliphatic rings. The predicted octanol–water partition coefficient (Wildman–Crippen LogP) is 2.75. The Labute approximate surface area is 106 Å². The Balaban J connectivity index is 2.96. The average Bonchev–Trinajstić information content (AvgIpc) is 2.37. The lowest BCUT2D eigenvalue weighted by molar-refractivity contribution is -0.131. The second kappa shape index (κ2) is 7.17. The van der Waals surface area contributed by atoms with Gasteiger partial charge in [0, 0.05) is 11.6 Å². The SMILES string of the molecule is C/C=C/COc1ccc(OC)cc1/C=C/C(=O)O. The Bertz CT molecular complexity index is 461. The lowest BCUT2D eigenvalue weighted by atomic mass is 10.1. The van der Waals surface area contributed by atoms with Crippen LogP contribution in [0.5, 0.6) is 11.5 Å². The van der Waals surface area contributed by atoms with Crippen molar-refractivity contribution in [3.63, 3.8) is 0 Å². The van der Waals surface area contributed by atoms with E-state index in [1.165, 1.54) is 6.08 Å². The molecule has 1 rings (SSSR count). The quantitative estimate of drug-likeness (QED) is 0.621. The van der Waals surface area contributed by atoms with E-state index in [1.54, 1.807) is 25.3 Å². The van der Waals surface area contributed by atoms with Gasteiger partial charge in [0.25, 0.3) is 0 Å². The third kappa shape index (κ3) is 4.33. The summed E-state index contributed by atoms with van der Waals surface area (Å²) < 4.78 is 10.6. The minimum atomic E-state index is -1.00. The largest absolute Gasteiger partial charge is 0.497 e. The first kappa shape index (κ1) is 13.8. The van der Waals surface area contributed by atoms with Crippen LogP contribution in [0.2, 0.25) is 0 Å². The van der Waals surface area contributed by atoms with Gasteiger partial charge in [-0.05, 0) is 31.2 Å². The van der Waals surface area contributed by atoms with Crippen LogP contribution in [-0.2, 0) is 4.79 Å². The van der Waals surface area contributed by atoms with Gasteiger partial charge in [0.05, 0.1) is 7.11 Å². The summed E-state index contributed by atoms with van der Waals surface area (Å²) in [4.78, 5) is 10.5. The summed E-state index contributed by atoms with van der Waals surface area (Å²) in [5.74, 6) is 0.266. The van der Waals surface area contributed by atoms with Gasteiger partial charge in [-0.25, -0.2) is 4.79 Å². The first-order valence-electron chi connectivity index (χ1n) is 5.50. The van der Waals surface area contributed by atoms with E-state index in [9.17, 15) is 4.79 Å². The number of aliphatic carboxylic acids is 1. The summed E-state index contributed by atoms with van der Waals surface area (Å²) in [6.07, 6.45) is 6.30. The number of hydrogen-bond donors (Lipinski definition) is 1. The molecule has 4 nitrogen and oxygen atoms in total. The standard InChI is InChI=1S/C14H16O4/c1-3-4-9-18-13-7-6-12(17-2)10-11(13)5-8-14(15)16/h3-8,10H,9H2,1-2H3,(H,15,16)/b4-3+,8-5+. The lowest BCUT2D eigenvalue weighted by Gasteiger charge is -2.09. The Morgan fingerprint density at radius 2 is 2.22 bits per heavy atom. The number of hydrogen-bond acceptors (Lipinski definition) is 3. The van der Waals surface area contributed by atoms with Crippen LogP contribution in [0.4, 0.5) is 0 Å². The van der Waals surface area contributed by atoms with Crippen molar-refractivity contribution in [2.24, 2.45) is 0 Å². The van der Waals surface area contributed by atoms with Gasteiger partial charge >= 0.3 is 5.97 Å². The van der Waals surface area contributed by atoms with Crippen molar-refractivity contribution in [3.8, 4) is 11.5 Å². The van der Waals surface area contributed by atoms with E-state index in [0.29, 0.717) is 23.7 Å². The number of carboxylic acid groups (broad SMARTS) is 1. The number of rotatable bonds is 6. The van der Waals surface area contributed by atoms with Gasteiger partial charge < -0.3 is 14.6 Å². The molecule has 96 valence electrons. The summed E-state index contributed by atoms with van der Waals surface area (Å²) in [6, 6.07) is 5.25. The number of allylic oxidation sites excluding steroid dienone is 1. The van der Waals surface area contributed by atoms with E-state index < -0.39 is 5.97 Å². The second-order valence-electron chi connectivity index (χ2n) is 3.46. The molecule has 18 heavy (non-hydrogen) atoms. The van der Waals surface area contributed by atoms with Crippen molar-refractivity contribution >= 4 is 12.0 Å². The van der Waals surface area contributed by atoms with Crippen molar-refractivity contribution in [2.75, 3.05) is 13.7 Å². The van der Waals surface area contributed by atoms with Crippen molar-refractivity contribution in [3.05, 3.63) is 42.0 Å². The van der Waals surface area contributed by atoms with E-state index in [4.69, 9.17) is 14.6 Å². The molecule has 0 unspecified atom stereocenters. The third-order valence-electron chi connectivity index (χ3n) is 2.19. The Kier molecular flexibility index (Phi) is 5.51. The Hall–Kier alpha value is -2.23. The molecule has 0 radical (unpaired) electrons. The first-order valence-corrected chi connectivity index (χ1v) is 5.50. The predicted molar refractivity (Wildman–Crippen MR) is 70.0 cm³/mol. The zero-order chi connectivity index (χ0) is 13.4. The molecular formula is C14H16O4. The molecule has 0 aliphatic carbocycles. The van der Waals surface area contributed by atoms with Gasteiger partial charge in [0.1, 0.15) is 18.1 Å². The van der Waals surface area contributed by atoms with Crippen LogP contribution in [0, 0.1) is 0 Å². The minimum Gasteiger partial charge on any atom is -0.497 e. The van der Waals surface area contributed by atoms with Crippen molar-refractivity contribution in [2.45, 2.75) is 6.92 Å². The summed E-state index contributed by atoms with van der Waals surface area (Å²) in [5, 5.41) is 8.64. The highest BCUT2D eigenvalue weighted by atomic mass is 16.5. The van der Waals surface area contributed by atoms with Gasteiger partial charge in [-0.15, -0.1) is 0 Å². The summed E-state index contributed by atoms with van der Waals surface area (Å²) in [6.45, 7) is 2.35. The molecule has 0 atom stereocenters. The monoisotopic (exact) mass is 248 g/mol. The van der Waals surface area contributed by atoms with Gasteiger partial charge in [-0.2, -0.15) is 0 Å². The molecule has 0 fully saturated rings. The average molecular weight is 248 g/mol. The summed E-state index contributed by atoms with van der Waals surface area (Å²) >= 11 is 0. The van der Waals surface area contributed by atoms with Gasteiger partial charge in [-0.3, -0.25) is 0 Å². The fourth-order valence-corrected chi connectivity index (χ4v) is 1.31. The van der Waals surface area contributed by atoms with Crippen molar-refractivity contribution < 1.29 is 19.4 Å². The zero-order valence-electron chi connectivity index (χ0n) is 10.4. The molecule has 0 saturated carbocycles. The summed E-state index contributed by atoms with van der Waals surface area (Å²) in [5.41, 5.74) is 0.668. The van der Waals surface area contributed by atoms with Crippen LogP contribution in [0.3, 0.4) is 0 Å². The van der Waals surface area contributed by atoms with E-state index in [-0.39, 0.29) is 0 Å². The molecule has 4 heteroatoms. The van der Waals surface area contributed by atoms with E-state index in [1.807, 2.05) is 19.1 Å². The fraction of sp³-hybridized carbons (Fsp3) is 0.214. The maximum Gasteiger partial charge on any atom is 0.328 e. The summed E-state index contributed by atoms with van der Waals surface area (Å²) in [7, 11) is 1.56. The molecule has 1 aromatic rings. The normalized spacial score (nSPS) is 11.0. The molecule has 0 aliphatic heterocycles. The van der Waals surface area contributed by atoms with E-state index >= 15 is 0 Å². The highest BCUT2D eigenvalue weighted by molar-refractivity contribution is 5.86. The maximum atomic E-state index is 10.5. The van der Waals surface area contributed by atoms with E-state index in [2.05, 4.69) is 0 Å². The van der Waals surface area contributed by atoms with Crippen LogP contribution >= 0.6 is 0 Å². The third-order valence-corrected chi connectivity index (χ3v) is 2.19. The highest BCUT2D eigenvalue weighted by Crippen LogP contribution is 2.25. The molecule has 0 saturated heterocycles. The van der Waals surface area contributed by atoms with Crippen LogP contribution in [0.15, 0.2) is 36.4 Å². The Morgan fingerprint density at radius 3 is 2.83 bits per heavy atom. The molecule has 0 spiro atoms. The number of benzene rings is 1. The smallest absolute Gasteiger partial charge is 0.328 e. The van der Waals surface area contributed by atoms with E-state index in [0.717, 1.165) is 6.08 Å². The number of carbonyl (C=O) groups is 1. The van der Waals surface area contributed by atoms with Crippen molar-refractivity contribution in [1.82, 2.24) is 0 Å². The molecule has 0 heterocycles. The maximum absolute atomic E-state index is 10.5. The molecular weight excluding hydrogens is 232 g/mol. The van der Waals surface area contributed by atoms with Crippen LogP contribution in [0.25, 0.3) is 6.08 Å². The number of ether oxygens (including phenoxy) is 2. The molecule has 0 aromatic heterocycles. The van der Waals surface area contributed by atoms with Crippen LogP contribution in [-0.4, -0.2) is 24.8 Å². The zero-order valence-corrected chi connectivity index (χ0v) is 10.4. The molecule has 1 N–H and O–H groups in total. The van der Waals surface area contributed by atoms with Gasteiger partial charge in [0.2, 0.25) is 0 Å². The number of methoxy groups -OCH3 is 1. The van der Waals surface area contributed by atoms with Crippen LogP contribution in [0.1, 0.15) is 12.5 Å². The van der Waals surface area contributed by atoms with Crippen LogP contribution < -0.4 is 9.47 Å². The number of carboxylic acids is 1. The molecule has 1 aromatic carbocycles. The Morgan fingerprint density at radius 1 is 1.44 bits per heavy atom. The minimum absolute atomic E-state index is 0.441. The lowest BCUT2D eigenvalue weighted by Crippen LogP contribution is -1.96. The molecule has 0 bridgehead atoms. The van der Waals surface area contributed by atoms with Gasteiger partial charge in [-0.1, -0.05) is 12.2 Å². The van der Waals surface area contributed by atoms with Crippen molar-refractivity contribution in [1.29, 1.82) is 0 Å².